The normalized spacial score (nSPS) is 15.0. The van der Waals surface area contributed by atoms with Gasteiger partial charge in [-0.25, -0.2) is 9.37 Å². The number of likely N-dealkylation sites (tertiary alicyclic amines) is 1. The van der Waals surface area contributed by atoms with Crippen molar-refractivity contribution in [1.29, 1.82) is 0 Å². The number of ether oxygens (including phenoxy) is 2. The largest absolute Gasteiger partial charge is 0.490 e. The molecule has 3 N–H and O–H groups in total. The molecule has 1 saturated carbocycles. The van der Waals surface area contributed by atoms with Crippen molar-refractivity contribution in [2.45, 2.75) is 71.3 Å². The van der Waals surface area contributed by atoms with Gasteiger partial charge >= 0.3 is 0 Å². The van der Waals surface area contributed by atoms with Crippen molar-refractivity contribution in [3.8, 4) is 17.4 Å². The van der Waals surface area contributed by atoms with Crippen LogP contribution in [0.2, 0.25) is 0 Å². The molecule has 11 heteroatoms. The number of hydrogen-bond acceptors (Lipinski definition) is 8. The summed E-state index contributed by atoms with van der Waals surface area (Å²) >= 11 is 0. The number of piperidine rings is 1. The van der Waals surface area contributed by atoms with Gasteiger partial charge in [0.1, 0.15) is 11.3 Å². The topological polar surface area (TPSA) is 118 Å². The second-order valence-corrected chi connectivity index (χ2v) is 13.1. The number of halogens is 1. The van der Waals surface area contributed by atoms with E-state index in [9.17, 15) is 9.59 Å². The highest BCUT2D eigenvalue weighted by Crippen LogP contribution is 2.31. The molecular weight excluding hydrogens is 635 g/mol. The monoisotopic (exact) mass is 680 g/mol. The number of anilines is 3. The summed E-state index contributed by atoms with van der Waals surface area (Å²) in [6.45, 7) is 7.42. The Labute approximate surface area is 292 Å². The lowest BCUT2D eigenvalue weighted by atomic mass is 10.1. The number of benzene rings is 3. The molecule has 1 aliphatic carbocycles. The van der Waals surface area contributed by atoms with Gasteiger partial charge in [-0.15, -0.1) is 0 Å². The molecule has 1 aliphatic heterocycles. The van der Waals surface area contributed by atoms with Crippen LogP contribution < -0.4 is 25.4 Å². The molecule has 1 saturated heterocycles. The van der Waals surface area contributed by atoms with Crippen molar-refractivity contribution in [1.82, 2.24) is 20.2 Å². The third kappa shape index (κ3) is 8.95. The van der Waals surface area contributed by atoms with Crippen LogP contribution in [0, 0.1) is 19.7 Å². The molecule has 2 fully saturated rings. The van der Waals surface area contributed by atoms with E-state index in [1.54, 1.807) is 36.4 Å². The molecule has 1 aromatic heterocycles. The van der Waals surface area contributed by atoms with Crippen LogP contribution in [0.3, 0.4) is 0 Å². The van der Waals surface area contributed by atoms with Gasteiger partial charge in [-0.05, 0) is 94.4 Å². The van der Waals surface area contributed by atoms with Crippen LogP contribution >= 0.6 is 0 Å². The molecule has 0 atom stereocenters. The molecule has 0 radical (unpaired) electrons. The number of nitrogens with zero attached hydrogens (tertiary/aromatic N) is 3. The lowest BCUT2D eigenvalue weighted by Gasteiger charge is -2.26. The molecule has 2 amide bonds. The maximum Gasteiger partial charge on any atom is 0.262 e. The second-order valence-electron chi connectivity index (χ2n) is 13.1. The van der Waals surface area contributed by atoms with Gasteiger partial charge in [0.05, 0.1) is 12.2 Å². The average molecular weight is 681 g/mol. The van der Waals surface area contributed by atoms with Crippen molar-refractivity contribution in [3.63, 3.8) is 0 Å². The summed E-state index contributed by atoms with van der Waals surface area (Å²) in [4.78, 5) is 38.3. The number of amides is 2. The maximum atomic E-state index is 15.1. The predicted molar refractivity (Wildman–Crippen MR) is 192 cm³/mol. The Morgan fingerprint density at radius 3 is 2.40 bits per heavy atom. The highest BCUT2D eigenvalue weighted by atomic mass is 19.1. The average Bonchev–Trinajstić information content (AvgIpc) is 3.63. The second kappa shape index (κ2) is 16.6. The third-order valence-electron chi connectivity index (χ3n) is 9.26. The Hall–Kier alpha value is -5.03. The van der Waals surface area contributed by atoms with Crippen molar-refractivity contribution in [2.75, 3.05) is 36.9 Å². The van der Waals surface area contributed by atoms with Gasteiger partial charge in [-0.2, -0.15) is 4.98 Å². The van der Waals surface area contributed by atoms with Gasteiger partial charge in [-0.1, -0.05) is 49.6 Å². The number of para-hydroxylation sites is 2. The minimum atomic E-state index is -0.517. The van der Waals surface area contributed by atoms with Gasteiger partial charge in [0.25, 0.3) is 11.8 Å². The van der Waals surface area contributed by atoms with Crippen LogP contribution in [0.4, 0.5) is 21.7 Å². The lowest BCUT2D eigenvalue weighted by Crippen LogP contribution is -2.32. The lowest BCUT2D eigenvalue weighted by molar-refractivity contribution is 0.0935. The number of hydrogen-bond donors (Lipinski definition) is 3. The fourth-order valence-electron chi connectivity index (χ4n) is 6.51. The quantitative estimate of drug-likeness (QED) is 0.122. The smallest absolute Gasteiger partial charge is 0.262 e. The molecule has 0 unspecified atom stereocenters. The number of aryl methyl sites for hydroxylation is 2. The number of aromatic nitrogens is 2. The van der Waals surface area contributed by atoms with E-state index in [2.05, 4.69) is 30.8 Å². The zero-order valence-electron chi connectivity index (χ0n) is 28.8. The van der Waals surface area contributed by atoms with E-state index < -0.39 is 11.7 Å². The van der Waals surface area contributed by atoms with Crippen LogP contribution in [0.25, 0.3) is 0 Å². The van der Waals surface area contributed by atoms with Crippen molar-refractivity contribution in [2.24, 2.45) is 0 Å². The van der Waals surface area contributed by atoms with E-state index in [4.69, 9.17) is 9.47 Å². The summed E-state index contributed by atoms with van der Waals surface area (Å²) in [5, 5.41) is 9.07. The SMILES string of the molecule is Cc1cccc(C)c1NC(=O)c1cnc(Nc2ccc(OCCCN3CCCCC3)c(F)c2)nc1Oc1ccccc1C(=O)NC1CCCC1. The van der Waals surface area contributed by atoms with E-state index in [0.717, 1.165) is 62.9 Å². The summed E-state index contributed by atoms with van der Waals surface area (Å²) in [5.74, 6) is -0.842. The molecule has 10 nitrogen and oxygen atoms in total. The highest BCUT2D eigenvalue weighted by Gasteiger charge is 2.23. The number of carbonyl (C=O) groups excluding carboxylic acids is 2. The van der Waals surface area contributed by atoms with Gasteiger partial charge in [0, 0.05) is 36.2 Å². The van der Waals surface area contributed by atoms with Gasteiger partial charge < -0.3 is 30.3 Å². The summed E-state index contributed by atoms with van der Waals surface area (Å²) in [5.41, 5.74) is 3.23. The molecule has 6 rings (SSSR count). The Morgan fingerprint density at radius 1 is 0.880 bits per heavy atom. The summed E-state index contributed by atoms with van der Waals surface area (Å²) in [6.07, 6.45) is 9.96. The molecule has 3 aromatic carbocycles. The number of carbonyl (C=O) groups is 2. The van der Waals surface area contributed by atoms with E-state index in [1.165, 1.54) is 31.5 Å². The fourth-order valence-corrected chi connectivity index (χ4v) is 6.51. The summed E-state index contributed by atoms with van der Waals surface area (Å²) < 4.78 is 27.1. The molecule has 50 heavy (non-hydrogen) atoms. The first-order valence-corrected chi connectivity index (χ1v) is 17.6. The fraction of sp³-hybridized carbons (Fsp3) is 0.385. The zero-order chi connectivity index (χ0) is 34.9. The van der Waals surface area contributed by atoms with E-state index >= 15 is 4.39 Å². The minimum absolute atomic E-state index is 0.0590. The third-order valence-corrected chi connectivity index (χ3v) is 9.26. The van der Waals surface area contributed by atoms with E-state index in [1.807, 2.05) is 32.0 Å². The minimum Gasteiger partial charge on any atom is -0.490 e. The highest BCUT2D eigenvalue weighted by molar-refractivity contribution is 6.06. The van der Waals surface area contributed by atoms with Gasteiger partial charge in [0.15, 0.2) is 11.6 Å². The molecule has 0 spiro atoms. The molecule has 2 aliphatic rings. The van der Waals surface area contributed by atoms with Crippen molar-refractivity contribution in [3.05, 3.63) is 94.9 Å². The van der Waals surface area contributed by atoms with Gasteiger partial charge in [0.2, 0.25) is 11.8 Å². The van der Waals surface area contributed by atoms with Crippen LogP contribution in [-0.4, -0.2) is 59.0 Å². The van der Waals surface area contributed by atoms with Crippen molar-refractivity contribution >= 4 is 29.1 Å². The van der Waals surface area contributed by atoms with Crippen LogP contribution in [0.5, 0.6) is 17.4 Å². The molecule has 2 heterocycles. The number of nitrogens with one attached hydrogen (secondary N) is 3. The standard InChI is InChI=1S/C39H45FN6O4/c1-26-12-10-13-27(2)35(26)44-37(48)31-25-41-39(43-29-18-19-34(32(40)24-29)49-23-11-22-46-20-8-3-9-21-46)45-38(31)50-33-17-7-6-16-30(33)36(47)42-28-14-4-5-15-28/h6-7,10,12-13,16-19,24-25,28H,3-5,8-9,11,14-15,20-23H2,1-2H3,(H,42,47)(H,44,48)(H,41,43,45). The van der Waals surface area contributed by atoms with Gasteiger partial charge in [-0.3, -0.25) is 9.59 Å². The summed E-state index contributed by atoms with van der Waals surface area (Å²) in [6, 6.07) is 17.3. The first kappa shape index (κ1) is 34.8. The predicted octanol–water partition coefficient (Wildman–Crippen LogP) is 7.95. The Morgan fingerprint density at radius 2 is 1.64 bits per heavy atom. The maximum absolute atomic E-state index is 15.1. The molecule has 4 aromatic rings. The van der Waals surface area contributed by atoms with Crippen LogP contribution in [0.1, 0.15) is 83.2 Å². The van der Waals surface area contributed by atoms with E-state index in [0.29, 0.717) is 23.5 Å². The molecule has 262 valence electrons. The number of rotatable bonds is 13. The first-order valence-electron chi connectivity index (χ1n) is 17.6. The molecule has 0 bridgehead atoms. The van der Waals surface area contributed by atoms with Crippen LogP contribution in [0.15, 0.2) is 66.9 Å². The first-order chi connectivity index (χ1) is 24.3. The zero-order valence-corrected chi connectivity index (χ0v) is 28.8. The Balaban J connectivity index is 1.21. The summed E-state index contributed by atoms with van der Waals surface area (Å²) in [7, 11) is 0. The van der Waals surface area contributed by atoms with Crippen molar-refractivity contribution < 1.29 is 23.5 Å². The molecular formula is C39H45FN6O4. The Bertz CT molecular complexity index is 1790. The van der Waals surface area contributed by atoms with Crippen LogP contribution in [-0.2, 0) is 0 Å². The van der Waals surface area contributed by atoms with E-state index in [-0.39, 0.29) is 40.8 Å². The Kier molecular flexibility index (Phi) is 11.5.